The molecule has 1 aliphatic heterocycles. The topological polar surface area (TPSA) is 80.7 Å². The van der Waals surface area contributed by atoms with Gasteiger partial charge < -0.3 is 19.3 Å². The molecule has 1 aromatic carbocycles. The molecule has 8 nitrogen and oxygen atoms in total. The van der Waals surface area contributed by atoms with Gasteiger partial charge in [-0.3, -0.25) is 9.78 Å². The van der Waals surface area contributed by atoms with E-state index in [-0.39, 0.29) is 18.1 Å². The van der Waals surface area contributed by atoms with Crippen molar-refractivity contribution in [1.29, 1.82) is 0 Å². The van der Waals surface area contributed by atoms with Crippen molar-refractivity contribution >= 4 is 22.6 Å². The van der Waals surface area contributed by atoms with E-state index in [1.165, 1.54) is 0 Å². The lowest BCUT2D eigenvalue weighted by Crippen LogP contribution is -2.50. The first-order chi connectivity index (χ1) is 14.9. The molecule has 0 aliphatic carbocycles. The van der Waals surface area contributed by atoms with Gasteiger partial charge in [0.05, 0.1) is 24.4 Å². The fourth-order valence-corrected chi connectivity index (χ4v) is 3.60. The maximum Gasteiger partial charge on any atom is 0.243 e. The van der Waals surface area contributed by atoms with Crippen LogP contribution in [0.25, 0.3) is 22.3 Å². The highest BCUT2D eigenvalue weighted by Crippen LogP contribution is 2.29. The predicted octanol–water partition coefficient (Wildman–Crippen LogP) is 2.77. The van der Waals surface area contributed by atoms with E-state index in [4.69, 9.17) is 14.5 Å². The summed E-state index contributed by atoms with van der Waals surface area (Å²) in [5.41, 5.74) is 4.14. The van der Waals surface area contributed by atoms with Gasteiger partial charge >= 0.3 is 0 Å². The van der Waals surface area contributed by atoms with Crippen molar-refractivity contribution in [3.05, 3.63) is 42.7 Å². The highest BCUT2D eigenvalue weighted by molar-refractivity contribution is 5.83. The molecule has 3 aromatic rings. The van der Waals surface area contributed by atoms with Gasteiger partial charge in [-0.05, 0) is 25.1 Å². The Balaban J connectivity index is 1.64. The Hall–Kier alpha value is -3.26. The number of carbonyl (C=O) groups is 1. The first kappa shape index (κ1) is 21.0. The molecule has 8 heteroatoms. The molecule has 1 aliphatic rings. The molecule has 1 saturated heterocycles. The molecule has 1 unspecified atom stereocenters. The van der Waals surface area contributed by atoms with Crippen LogP contribution in [0.4, 0.5) is 5.69 Å². The Bertz CT molecular complexity index is 1070. The van der Waals surface area contributed by atoms with Gasteiger partial charge in [-0.2, -0.15) is 0 Å². The monoisotopic (exact) mass is 421 g/mol. The molecule has 0 bridgehead atoms. The number of hydrogen-bond donors (Lipinski definition) is 0. The second-order valence-electron chi connectivity index (χ2n) is 7.88. The number of pyridine rings is 1. The van der Waals surface area contributed by atoms with Gasteiger partial charge in [-0.15, -0.1) is 0 Å². The number of fused-ring (bicyclic) bond motifs is 1. The van der Waals surface area contributed by atoms with Crippen molar-refractivity contribution in [1.82, 2.24) is 19.9 Å². The van der Waals surface area contributed by atoms with E-state index in [1.807, 2.05) is 56.3 Å². The second-order valence-corrected chi connectivity index (χ2v) is 7.88. The quantitative estimate of drug-likeness (QED) is 0.627. The number of rotatable bonds is 5. The van der Waals surface area contributed by atoms with Gasteiger partial charge in [-0.1, -0.05) is 12.1 Å². The van der Waals surface area contributed by atoms with Crippen LogP contribution in [0.15, 0.2) is 42.7 Å². The smallest absolute Gasteiger partial charge is 0.243 e. The van der Waals surface area contributed by atoms with E-state index in [2.05, 4.69) is 9.97 Å². The Kier molecular flexibility index (Phi) is 5.99. The van der Waals surface area contributed by atoms with Crippen molar-refractivity contribution in [2.45, 2.75) is 26.1 Å². The third kappa shape index (κ3) is 4.59. The van der Waals surface area contributed by atoms with Crippen LogP contribution in [0, 0.1) is 0 Å². The summed E-state index contributed by atoms with van der Waals surface area (Å²) < 4.78 is 12.1. The number of benzene rings is 1. The first-order valence-electron chi connectivity index (χ1n) is 10.4. The van der Waals surface area contributed by atoms with Crippen LogP contribution in [-0.4, -0.2) is 71.8 Å². The minimum absolute atomic E-state index is 0.0399. The standard InChI is InChI=1S/C23H27N5O3/c1-15(21-14-28(16(2)29)11-12-30-21)31-23-22-20(24-9-10-25-22)13-19(26-23)17-5-7-18(8-6-17)27(3)4/h5-10,13,15,21H,11-12,14H2,1-4H3/t15?,21-/m0/s1. The fraction of sp³-hybridized carbons (Fsp3) is 0.391. The van der Waals surface area contributed by atoms with Crippen molar-refractivity contribution in [2.24, 2.45) is 0 Å². The molecule has 162 valence electrons. The number of anilines is 1. The molecule has 2 atom stereocenters. The highest BCUT2D eigenvalue weighted by Gasteiger charge is 2.29. The average molecular weight is 422 g/mol. The number of carbonyl (C=O) groups excluding carboxylic acids is 1. The minimum atomic E-state index is -0.314. The lowest BCUT2D eigenvalue weighted by molar-refractivity contribution is -0.140. The van der Waals surface area contributed by atoms with Crippen LogP contribution >= 0.6 is 0 Å². The molecule has 0 saturated carbocycles. The number of nitrogens with zero attached hydrogens (tertiary/aromatic N) is 5. The number of morpholine rings is 1. The molecule has 1 fully saturated rings. The predicted molar refractivity (Wildman–Crippen MR) is 119 cm³/mol. The zero-order valence-corrected chi connectivity index (χ0v) is 18.3. The zero-order valence-electron chi connectivity index (χ0n) is 18.3. The Labute approximate surface area is 181 Å². The van der Waals surface area contributed by atoms with Crippen molar-refractivity contribution in [2.75, 3.05) is 38.7 Å². The summed E-state index contributed by atoms with van der Waals surface area (Å²) in [6.45, 7) is 5.08. The van der Waals surface area contributed by atoms with Gasteiger partial charge in [0.15, 0.2) is 5.52 Å². The van der Waals surface area contributed by atoms with Crippen LogP contribution < -0.4 is 9.64 Å². The largest absolute Gasteiger partial charge is 0.470 e. The van der Waals surface area contributed by atoms with Crippen molar-refractivity contribution in [3.8, 4) is 17.1 Å². The van der Waals surface area contributed by atoms with E-state index < -0.39 is 0 Å². The lowest BCUT2D eigenvalue weighted by Gasteiger charge is -2.35. The molecule has 3 heterocycles. The number of ether oxygens (including phenoxy) is 2. The Morgan fingerprint density at radius 2 is 1.97 bits per heavy atom. The summed E-state index contributed by atoms with van der Waals surface area (Å²) in [7, 11) is 4.01. The van der Waals surface area contributed by atoms with Gasteiger partial charge in [0, 0.05) is 51.2 Å². The van der Waals surface area contributed by atoms with Crippen LogP contribution in [0.1, 0.15) is 13.8 Å². The summed E-state index contributed by atoms with van der Waals surface area (Å²) in [5, 5.41) is 0. The summed E-state index contributed by atoms with van der Waals surface area (Å²) >= 11 is 0. The zero-order chi connectivity index (χ0) is 22.0. The van der Waals surface area contributed by atoms with Gasteiger partial charge in [0.25, 0.3) is 0 Å². The van der Waals surface area contributed by atoms with E-state index in [0.717, 1.165) is 16.9 Å². The molecule has 2 aromatic heterocycles. The molecule has 4 rings (SSSR count). The number of aromatic nitrogens is 3. The van der Waals surface area contributed by atoms with E-state index in [1.54, 1.807) is 24.2 Å². The molecular weight excluding hydrogens is 394 g/mol. The Morgan fingerprint density at radius 3 is 2.68 bits per heavy atom. The van der Waals surface area contributed by atoms with Gasteiger partial charge in [-0.25, -0.2) is 9.97 Å². The first-order valence-corrected chi connectivity index (χ1v) is 10.4. The van der Waals surface area contributed by atoms with Crippen LogP contribution in [0.5, 0.6) is 5.88 Å². The SMILES string of the molecule is CC(=O)N1CCO[C@H](C(C)Oc2nc(-c3ccc(N(C)C)cc3)cc3nccnc23)C1. The van der Waals surface area contributed by atoms with E-state index in [0.29, 0.717) is 36.6 Å². The molecule has 0 radical (unpaired) electrons. The van der Waals surface area contributed by atoms with Crippen LogP contribution in [0.2, 0.25) is 0 Å². The maximum atomic E-state index is 11.8. The third-order valence-corrected chi connectivity index (χ3v) is 5.46. The van der Waals surface area contributed by atoms with Crippen molar-refractivity contribution in [3.63, 3.8) is 0 Å². The fourth-order valence-electron chi connectivity index (χ4n) is 3.60. The summed E-state index contributed by atoms with van der Waals surface area (Å²) in [5.74, 6) is 0.450. The summed E-state index contributed by atoms with van der Waals surface area (Å²) in [4.78, 5) is 29.2. The molecule has 0 spiro atoms. The highest BCUT2D eigenvalue weighted by atomic mass is 16.5. The number of amides is 1. The third-order valence-electron chi connectivity index (χ3n) is 5.46. The molecule has 0 N–H and O–H groups in total. The normalized spacial score (nSPS) is 17.4. The molecular formula is C23H27N5O3. The van der Waals surface area contributed by atoms with Crippen LogP contribution in [0.3, 0.4) is 0 Å². The summed E-state index contributed by atoms with van der Waals surface area (Å²) in [6.07, 6.45) is 2.73. The maximum absolute atomic E-state index is 11.8. The minimum Gasteiger partial charge on any atom is -0.470 e. The van der Waals surface area contributed by atoms with Crippen LogP contribution in [-0.2, 0) is 9.53 Å². The lowest BCUT2D eigenvalue weighted by atomic mass is 10.1. The Morgan fingerprint density at radius 1 is 1.23 bits per heavy atom. The molecule has 1 amide bonds. The summed E-state index contributed by atoms with van der Waals surface area (Å²) in [6, 6.07) is 10.1. The van der Waals surface area contributed by atoms with Gasteiger partial charge in [0.1, 0.15) is 12.2 Å². The van der Waals surface area contributed by atoms with E-state index >= 15 is 0 Å². The number of hydrogen-bond acceptors (Lipinski definition) is 7. The molecule has 31 heavy (non-hydrogen) atoms. The van der Waals surface area contributed by atoms with Crippen molar-refractivity contribution < 1.29 is 14.3 Å². The second kappa shape index (κ2) is 8.85. The van der Waals surface area contributed by atoms with Gasteiger partial charge in [0.2, 0.25) is 11.8 Å². The average Bonchev–Trinajstić information content (AvgIpc) is 2.79. The van der Waals surface area contributed by atoms with E-state index in [9.17, 15) is 4.79 Å².